The van der Waals surface area contributed by atoms with E-state index >= 15 is 0 Å². The summed E-state index contributed by atoms with van der Waals surface area (Å²) < 4.78 is 7.10. The van der Waals surface area contributed by atoms with Crippen molar-refractivity contribution in [2.75, 3.05) is 0 Å². The molecule has 2 N–H and O–H groups in total. The van der Waals surface area contributed by atoms with Crippen molar-refractivity contribution in [3.05, 3.63) is 72.8 Å². The maximum Gasteiger partial charge on any atom is 0.346 e. The highest BCUT2D eigenvalue weighted by Crippen LogP contribution is 2.04. The van der Waals surface area contributed by atoms with Crippen LogP contribution in [-0.4, -0.2) is 31.3 Å². The molecule has 8 heteroatoms. The monoisotopic (exact) mass is 356 g/mol. The first kappa shape index (κ1) is 17.4. The van der Waals surface area contributed by atoms with Gasteiger partial charge >= 0.3 is 11.9 Å². The highest BCUT2D eigenvalue weighted by molar-refractivity contribution is 5.66. The first-order valence-corrected chi connectivity index (χ1v) is 8.09. The Bertz CT molecular complexity index is 836. The van der Waals surface area contributed by atoms with Crippen LogP contribution in [0.3, 0.4) is 0 Å². The van der Waals surface area contributed by atoms with Crippen LogP contribution in [0.2, 0.25) is 0 Å². The third-order valence-electron chi connectivity index (χ3n) is 3.88. The molecule has 0 aliphatic carbocycles. The molecule has 0 radical (unpaired) electrons. The summed E-state index contributed by atoms with van der Waals surface area (Å²) in [6.45, 7) is 1.22. The normalized spacial score (nSPS) is 10.8. The van der Waals surface area contributed by atoms with Gasteiger partial charge in [0.2, 0.25) is 12.7 Å². The van der Waals surface area contributed by atoms with E-state index in [0.717, 1.165) is 11.1 Å². The molecule has 26 heavy (non-hydrogen) atoms. The number of imidazole rings is 2. The van der Waals surface area contributed by atoms with Crippen LogP contribution in [0.25, 0.3) is 0 Å². The van der Waals surface area contributed by atoms with Gasteiger partial charge in [0.15, 0.2) is 13.1 Å². The predicted octanol–water partition coefficient (Wildman–Crippen LogP) is 0.130. The molecular weight excluding hydrogens is 336 g/mol. The predicted molar refractivity (Wildman–Crippen MR) is 89.2 cm³/mol. The second-order valence-electron chi connectivity index (χ2n) is 6.12. The summed E-state index contributed by atoms with van der Waals surface area (Å²) in [6, 6.07) is 8.13. The van der Waals surface area contributed by atoms with Gasteiger partial charge in [0.05, 0.1) is 0 Å². The number of aliphatic carboxylic acids is 2. The smallest absolute Gasteiger partial charge is 0.346 e. The maximum atomic E-state index is 10.7. The van der Waals surface area contributed by atoms with Gasteiger partial charge in [0.25, 0.3) is 0 Å². The fourth-order valence-corrected chi connectivity index (χ4v) is 2.74. The van der Waals surface area contributed by atoms with Crippen molar-refractivity contribution < 1.29 is 28.9 Å². The van der Waals surface area contributed by atoms with Crippen LogP contribution in [0.4, 0.5) is 0 Å². The topological polar surface area (TPSA) is 92.2 Å². The number of hydrogen-bond donors (Lipinski definition) is 2. The van der Waals surface area contributed by atoms with Crippen molar-refractivity contribution in [3.8, 4) is 0 Å². The molecule has 134 valence electrons. The molecule has 0 atom stereocenters. The number of carbonyl (C=O) groups is 2. The van der Waals surface area contributed by atoms with Crippen LogP contribution >= 0.6 is 0 Å². The first-order valence-electron chi connectivity index (χ1n) is 8.09. The first-order chi connectivity index (χ1) is 12.5. The molecule has 3 rings (SSSR count). The second kappa shape index (κ2) is 7.64. The van der Waals surface area contributed by atoms with Crippen molar-refractivity contribution in [2.45, 2.75) is 26.2 Å². The number of carboxylic acid groups (broad SMARTS) is 2. The van der Waals surface area contributed by atoms with Crippen LogP contribution in [0.15, 0.2) is 61.7 Å². The van der Waals surface area contributed by atoms with E-state index < -0.39 is 11.9 Å². The van der Waals surface area contributed by atoms with E-state index in [0.29, 0.717) is 13.1 Å². The molecule has 0 unspecified atom stereocenters. The van der Waals surface area contributed by atoms with Crippen molar-refractivity contribution in [1.82, 2.24) is 9.13 Å². The van der Waals surface area contributed by atoms with Crippen molar-refractivity contribution >= 4 is 11.9 Å². The van der Waals surface area contributed by atoms with Crippen molar-refractivity contribution in [2.24, 2.45) is 0 Å². The van der Waals surface area contributed by atoms with Gasteiger partial charge in [0, 0.05) is 0 Å². The van der Waals surface area contributed by atoms with Crippen molar-refractivity contribution in [1.29, 1.82) is 0 Å². The minimum atomic E-state index is -0.869. The van der Waals surface area contributed by atoms with Gasteiger partial charge in [-0.1, -0.05) is 24.3 Å². The van der Waals surface area contributed by atoms with E-state index in [2.05, 4.69) is 0 Å². The molecule has 0 amide bonds. The average molecular weight is 356 g/mol. The number of benzene rings is 1. The Labute approximate surface area is 149 Å². The molecule has 0 aliphatic rings. The van der Waals surface area contributed by atoms with Gasteiger partial charge in [0.1, 0.15) is 37.9 Å². The largest absolute Gasteiger partial charge is 0.478 e. The molecule has 0 bridgehead atoms. The zero-order valence-corrected chi connectivity index (χ0v) is 14.1. The third kappa shape index (κ3) is 4.79. The molecule has 0 spiro atoms. The van der Waals surface area contributed by atoms with Gasteiger partial charge in [-0.3, -0.25) is 0 Å². The zero-order chi connectivity index (χ0) is 18.5. The maximum absolute atomic E-state index is 10.7. The lowest BCUT2D eigenvalue weighted by Crippen LogP contribution is -2.32. The van der Waals surface area contributed by atoms with Gasteiger partial charge < -0.3 is 10.2 Å². The fourth-order valence-electron chi connectivity index (χ4n) is 2.74. The molecule has 0 saturated carbocycles. The van der Waals surface area contributed by atoms with E-state index in [1.54, 1.807) is 34.2 Å². The molecule has 2 heterocycles. The Morgan fingerprint density at radius 2 is 1.15 bits per heavy atom. The van der Waals surface area contributed by atoms with E-state index in [4.69, 9.17) is 10.2 Å². The summed E-state index contributed by atoms with van der Waals surface area (Å²) in [4.78, 5) is 21.4. The Kier molecular flexibility index (Phi) is 5.12. The Morgan fingerprint density at radius 3 is 1.50 bits per heavy atom. The summed E-state index contributed by atoms with van der Waals surface area (Å²) in [5, 5.41) is 17.6. The lowest BCUT2D eigenvalue weighted by molar-refractivity contribution is -0.688. The quantitative estimate of drug-likeness (QED) is 0.561. The lowest BCUT2D eigenvalue weighted by Gasteiger charge is -2.01. The van der Waals surface area contributed by atoms with Gasteiger partial charge in [-0.25, -0.2) is 27.9 Å². The van der Waals surface area contributed by atoms with E-state index in [1.165, 1.54) is 0 Å². The molecule has 1 aromatic carbocycles. The zero-order valence-electron chi connectivity index (χ0n) is 14.1. The highest BCUT2D eigenvalue weighted by atomic mass is 16.4. The molecule has 2 aromatic heterocycles. The van der Waals surface area contributed by atoms with Gasteiger partial charge in [-0.2, -0.15) is 0 Å². The van der Waals surface area contributed by atoms with Crippen LogP contribution in [-0.2, 0) is 35.8 Å². The Morgan fingerprint density at radius 1 is 0.769 bits per heavy atom. The molecule has 8 nitrogen and oxygen atoms in total. The molecular formula is C18H20N4O4+2. The standard InChI is InChI=1S/C18H18N4O4/c23-17(24)11-21-7-5-19(13-21)9-15-1-2-16(4-3-15)10-20-6-8-22(14-20)12-18(25)26/h1-8,13-14H,9-12H2/p+2. The molecule has 0 saturated heterocycles. The van der Waals surface area contributed by atoms with E-state index in [-0.39, 0.29) is 13.1 Å². The summed E-state index contributed by atoms with van der Waals surface area (Å²) in [5.41, 5.74) is 2.22. The summed E-state index contributed by atoms with van der Waals surface area (Å²) >= 11 is 0. The van der Waals surface area contributed by atoms with Crippen LogP contribution in [0.5, 0.6) is 0 Å². The lowest BCUT2D eigenvalue weighted by atomic mass is 10.1. The third-order valence-corrected chi connectivity index (χ3v) is 3.88. The molecule has 0 aliphatic heterocycles. The number of nitrogens with zero attached hydrogens (tertiary/aromatic N) is 4. The number of aromatic nitrogens is 4. The summed E-state index contributed by atoms with van der Waals surface area (Å²) in [6.07, 6.45) is 10.7. The molecule has 3 aromatic rings. The fraction of sp³-hybridized carbons (Fsp3) is 0.222. The van der Waals surface area contributed by atoms with Crippen LogP contribution in [0, 0.1) is 0 Å². The van der Waals surface area contributed by atoms with Crippen LogP contribution in [0.1, 0.15) is 11.1 Å². The minimum Gasteiger partial charge on any atom is -0.478 e. The second-order valence-corrected chi connectivity index (χ2v) is 6.12. The summed E-state index contributed by atoms with van der Waals surface area (Å²) in [5.74, 6) is -1.74. The molecule has 0 fully saturated rings. The number of rotatable bonds is 8. The Balaban J connectivity index is 1.59. The van der Waals surface area contributed by atoms with Gasteiger partial charge in [-0.15, -0.1) is 0 Å². The average Bonchev–Trinajstić information content (AvgIpc) is 3.18. The minimum absolute atomic E-state index is 0.0509. The summed E-state index contributed by atoms with van der Waals surface area (Å²) in [7, 11) is 0. The SMILES string of the molecule is O=C(O)Cn1cc[n+](Cc2ccc(C[n+]3ccn(CC(=O)O)c3)cc2)c1. The van der Waals surface area contributed by atoms with Crippen LogP contribution < -0.4 is 9.13 Å². The van der Waals surface area contributed by atoms with E-state index in [1.807, 2.05) is 45.8 Å². The Hall–Kier alpha value is -3.42. The number of carboxylic acids is 2. The van der Waals surface area contributed by atoms with Crippen molar-refractivity contribution in [3.63, 3.8) is 0 Å². The van der Waals surface area contributed by atoms with E-state index in [9.17, 15) is 9.59 Å². The highest BCUT2D eigenvalue weighted by Gasteiger charge is 2.10. The van der Waals surface area contributed by atoms with Gasteiger partial charge in [-0.05, 0) is 11.1 Å². The number of hydrogen-bond acceptors (Lipinski definition) is 2.